The van der Waals surface area contributed by atoms with Gasteiger partial charge in [-0.1, -0.05) is 16.8 Å². The first-order valence-corrected chi connectivity index (χ1v) is 7.60. The third-order valence-corrected chi connectivity index (χ3v) is 4.02. The van der Waals surface area contributed by atoms with Gasteiger partial charge in [-0.2, -0.15) is 4.98 Å². The highest BCUT2D eigenvalue weighted by Crippen LogP contribution is 2.27. The van der Waals surface area contributed by atoms with Gasteiger partial charge in [0, 0.05) is 13.1 Å². The van der Waals surface area contributed by atoms with Crippen molar-refractivity contribution in [3.8, 4) is 5.75 Å². The maximum atomic E-state index is 13.0. The fraction of sp³-hybridized carbons (Fsp3) is 0.467. The maximum absolute atomic E-state index is 13.0. The van der Waals surface area contributed by atoms with E-state index >= 15 is 0 Å². The fourth-order valence-corrected chi connectivity index (χ4v) is 2.82. The maximum Gasteiger partial charge on any atom is 0.231 e. The first-order chi connectivity index (χ1) is 10.6. The van der Waals surface area contributed by atoms with E-state index in [9.17, 15) is 4.39 Å². The average Bonchev–Trinajstić information content (AvgIpc) is 3.10. The van der Waals surface area contributed by atoms with Gasteiger partial charge >= 0.3 is 0 Å². The van der Waals surface area contributed by atoms with E-state index in [1.807, 2.05) is 6.92 Å². The summed E-state index contributed by atoms with van der Waals surface area (Å²) in [6.07, 6.45) is 0.999. The summed E-state index contributed by atoms with van der Waals surface area (Å²) in [6.45, 7) is 4.94. The van der Waals surface area contributed by atoms with Gasteiger partial charge in [0.05, 0.1) is 10.9 Å². The first kappa shape index (κ1) is 15.2. The molecule has 1 aliphatic heterocycles. The molecule has 3 rings (SSSR count). The highest BCUT2D eigenvalue weighted by Gasteiger charge is 2.27. The molecular weight excluding hydrogens is 309 g/mol. The largest absolute Gasteiger partial charge is 0.491 e. The Morgan fingerprint density at radius 1 is 1.50 bits per heavy atom. The third kappa shape index (κ3) is 3.56. The van der Waals surface area contributed by atoms with Crippen molar-refractivity contribution in [3.63, 3.8) is 0 Å². The quantitative estimate of drug-likeness (QED) is 0.845. The van der Waals surface area contributed by atoms with Crippen molar-refractivity contribution < 1.29 is 13.7 Å². The lowest BCUT2D eigenvalue weighted by atomic mass is 10.1. The summed E-state index contributed by atoms with van der Waals surface area (Å²) in [5, 5.41) is 4.12. The number of likely N-dealkylation sites (tertiary alicyclic amines) is 1. The SMILES string of the molecule is Cc1noc([C@@H]2CCN(CCOc3ccc(F)cc3Cl)C2)n1. The molecule has 1 aromatic heterocycles. The molecule has 1 saturated heterocycles. The van der Waals surface area contributed by atoms with Crippen molar-refractivity contribution in [2.45, 2.75) is 19.3 Å². The van der Waals surface area contributed by atoms with E-state index in [-0.39, 0.29) is 11.7 Å². The number of aryl methyl sites for hydroxylation is 1. The number of rotatable bonds is 5. The summed E-state index contributed by atoms with van der Waals surface area (Å²) in [7, 11) is 0. The van der Waals surface area contributed by atoms with Crippen LogP contribution in [-0.4, -0.2) is 41.3 Å². The van der Waals surface area contributed by atoms with Crippen LogP contribution >= 0.6 is 11.6 Å². The van der Waals surface area contributed by atoms with Crippen molar-refractivity contribution in [3.05, 3.63) is 40.8 Å². The van der Waals surface area contributed by atoms with Crippen LogP contribution in [0.25, 0.3) is 0 Å². The minimum atomic E-state index is -0.366. The fourth-order valence-electron chi connectivity index (χ4n) is 2.59. The molecule has 7 heteroatoms. The zero-order valence-electron chi connectivity index (χ0n) is 12.3. The lowest BCUT2D eigenvalue weighted by molar-refractivity contribution is 0.233. The van der Waals surface area contributed by atoms with Crippen molar-refractivity contribution in [1.82, 2.24) is 15.0 Å². The van der Waals surface area contributed by atoms with Gasteiger partial charge in [0.2, 0.25) is 5.89 Å². The molecule has 0 amide bonds. The van der Waals surface area contributed by atoms with Gasteiger partial charge in [-0.25, -0.2) is 4.39 Å². The van der Waals surface area contributed by atoms with Crippen molar-refractivity contribution in [2.75, 3.05) is 26.2 Å². The van der Waals surface area contributed by atoms with Crippen molar-refractivity contribution in [1.29, 1.82) is 0 Å². The second kappa shape index (κ2) is 6.62. The molecule has 0 N–H and O–H groups in total. The molecule has 2 heterocycles. The lowest BCUT2D eigenvalue weighted by Gasteiger charge is -2.16. The zero-order valence-corrected chi connectivity index (χ0v) is 13.0. The van der Waals surface area contributed by atoms with Crippen LogP contribution in [0.15, 0.2) is 22.7 Å². The van der Waals surface area contributed by atoms with Gasteiger partial charge < -0.3 is 9.26 Å². The van der Waals surface area contributed by atoms with Crippen LogP contribution in [0, 0.1) is 12.7 Å². The molecular formula is C15H17ClFN3O2. The van der Waals surface area contributed by atoms with Crippen LogP contribution < -0.4 is 4.74 Å². The van der Waals surface area contributed by atoms with Crippen LogP contribution in [0.5, 0.6) is 5.75 Å². The van der Waals surface area contributed by atoms with Gasteiger partial charge in [0.25, 0.3) is 0 Å². The van der Waals surface area contributed by atoms with Crippen LogP contribution in [0.4, 0.5) is 4.39 Å². The summed E-state index contributed by atoms with van der Waals surface area (Å²) < 4.78 is 23.8. The zero-order chi connectivity index (χ0) is 15.5. The van der Waals surface area contributed by atoms with Gasteiger partial charge in [0.1, 0.15) is 18.2 Å². The predicted molar refractivity (Wildman–Crippen MR) is 79.7 cm³/mol. The molecule has 1 aromatic carbocycles. The summed E-state index contributed by atoms with van der Waals surface area (Å²) >= 11 is 5.92. The predicted octanol–water partition coefficient (Wildman–Crippen LogP) is 3.04. The number of nitrogens with zero attached hydrogens (tertiary/aromatic N) is 3. The Kier molecular flexibility index (Phi) is 4.59. The highest BCUT2D eigenvalue weighted by atomic mass is 35.5. The minimum absolute atomic E-state index is 0.288. The number of aromatic nitrogens is 2. The van der Waals surface area contributed by atoms with E-state index in [1.165, 1.54) is 12.1 Å². The molecule has 22 heavy (non-hydrogen) atoms. The summed E-state index contributed by atoms with van der Waals surface area (Å²) in [5.74, 6) is 1.81. The molecule has 0 saturated carbocycles. The molecule has 0 unspecified atom stereocenters. The normalized spacial score (nSPS) is 18.8. The molecule has 5 nitrogen and oxygen atoms in total. The van der Waals surface area contributed by atoms with E-state index in [1.54, 1.807) is 6.07 Å². The van der Waals surface area contributed by atoms with Gasteiger partial charge in [-0.05, 0) is 38.1 Å². The Morgan fingerprint density at radius 2 is 2.36 bits per heavy atom. The second-order valence-electron chi connectivity index (χ2n) is 5.39. The molecule has 0 aliphatic carbocycles. The monoisotopic (exact) mass is 325 g/mol. The Bertz CT molecular complexity index is 649. The number of benzene rings is 1. The molecule has 0 radical (unpaired) electrons. The standard InChI is InChI=1S/C15H17ClFN3O2/c1-10-18-15(22-19-10)11-4-5-20(9-11)6-7-21-14-3-2-12(17)8-13(14)16/h2-3,8,11H,4-7,9H2,1H3/t11-/m1/s1. The smallest absolute Gasteiger partial charge is 0.231 e. The summed E-state index contributed by atoms with van der Waals surface area (Å²) in [4.78, 5) is 6.57. The van der Waals surface area contributed by atoms with E-state index < -0.39 is 0 Å². The third-order valence-electron chi connectivity index (χ3n) is 3.72. The summed E-state index contributed by atoms with van der Waals surface area (Å²) in [5.41, 5.74) is 0. The Morgan fingerprint density at radius 3 is 3.09 bits per heavy atom. The van der Waals surface area contributed by atoms with Crippen molar-refractivity contribution >= 4 is 11.6 Å². The molecule has 1 atom stereocenters. The number of hydrogen-bond acceptors (Lipinski definition) is 5. The van der Waals surface area contributed by atoms with Crippen LogP contribution in [0.2, 0.25) is 5.02 Å². The van der Waals surface area contributed by atoms with Gasteiger partial charge in [-0.15, -0.1) is 0 Å². The molecule has 0 spiro atoms. The van der Waals surface area contributed by atoms with Gasteiger partial charge in [-0.3, -0.25) is 4.90 Å². The molecule has 1 aliphatic rings. The van der Waals surface area contributed by atoms with Gasteiger partial charge in [0.15, 0.2) is 5.82 Å². The lowest BCUT2D eigenvalue weighted by Crippen LogP contribution is -2.26. The first-order valence-electron chi connectivity index (χ1n) is 7.22. The van der Waals surface area contributed by atoms with E-state index in [2.05, 4.69) is 15.0 Å². The Labute approximate surface area is 133 Å². The summed E-state index contributed by atoms with van der Waals surface area (Å²) in [6, 6.07) is 4.14. The van der Waals surface area contributed by atoms with E-state index in [4.69, 9.17) is 20.9 Å². The molecule has 118 valence electrons. The number of ether oxygens (including phenoxy) is 1. The Hall–Kier alpha value is -1.66. The van der Waals surface area contributed by atoms with Crippen molar-refractivity contribution in [2.24, 2.45) is 0 Å². The number of hydrogen-bond donors (Lipinski definition) is 0. The highest BCUT2D eigenvalue weighted by molar-refractivity contribution is 6.32. The average molecular weight is 326 g/mol. The molecule has 2 aromatic rings. The van der Waals surface area contributed by atoms with Crippen LogP contribution in [-0.2, 0) is 0 Å². The molecule has 1 fully saturated rings. The second-order valence-corrected chi connectivity index (χ2v) is 5.80. The Balaban J connectivity index is 1.47. The topological polar surface area (TPSA) is 51.4 Å². The van der Waals surface area contributed by atoms with E-state index in [0.717, 1.165) is 26.1 Å². The number of halogens is 2. The van der Waals surface area contributed by atoms with Crippen LogP contribution in [0.3, 0.4) is 0 Å². The van der Waals surface area contributed by atoms with Crippen LogP contribution in [0.1, 0.15) is 24.1 Å². The minimum Gasteiger partial charge on any atom is -0.491 e. The molecule has 0 bridgehead atoms. The van der Waals surface area contributed by atoms with E-state index in [0.29, 0.717) is 29.1 Å².